The highest BCUT2D eigenvalue weighted by Gasteiger charge is 2.30. The molecule has 20 heavy (non-hydrogen) atoms. The molecule has 0 fully saturated rings. The minimum absolute atomic E-state index is 0.217. The summed E-state index contributed by atoms with van der Waals surface area (Å²) in [5.74, 6) is 0.984. The predicted octanol–water partition coefficient (Wildman–Crippen LogP) is 1.98. The number of rotatable bonds is 1. The van der Waals surface area contributed by atoms with Gasteiger partial charge < -0.3 is 10.2 Å². The van der Waals surface area contributed by atoms with Gasteiger partial charge in [0, 0.05) is 24.7 Å². The molecule has 1 aromatic rings. The number of amidine groups is 1. The van der Waals surface area contributed by atoms with Crippen LogP contribution in [0.25, 0.3) is 5.70 Å². The fraction of sp³-hybridized carbons (Fsp3) is 0.438. The van der Waals surface area contributed by atoms with E-state index in [4.69, 9.17) is 5.73 Å². The molecule has 0 amide bonds. The maximum Gasteiger partial charge on any atom is 0.153 e. The Morgan fingerprint density at radius 1 is 1.35 bits per heavy atom. The SMILES string of the molecule is Cc1cccc(C2=C3CCCN=C3NC(N)N2C)c1C. The Morgan fingerprint density at radius 3 is 2.95 bits per heavy atom. The lowest BCUT2D eigenvalue weighted by Gasteiger charge is -2.39. The van der Waals surface area contributed by atoms with E-state index in [0.717, 1.165) is 25.2 Å². The Hall–Kier alpha value is -1.81. The second-order valence-electron chi connectivity index (χ2n) is 5.61. The molecule has 0 bridgehead atoms. The molecule has 0 spiro atoms. The zero-order valence-electron chi connectivity index (χ0n) is 12.4. The van der Waals surface area contributed by atoms with Gasteiger partial charge in [-0.1, -0.05) is 18.2 Å². The number of nitrogens with two attached hydrogens (primary N) is 1. The van der Waals surface area contributed by atoms with E-state index >= 15 is 0 Å². The van der Waals surface area contributed by atoms with Crippen molar-refractivity contribution in [2.24, 2.45) is 10.7 Å². The molecule has 2 aliphatic heterocycles. The van der Waals surface area contributed by atoms with E-state index in [9.17, 15) is 0 Å². The molecule has 2 aliphatic rings. The summed E-state index contributed by atoms with van der Waals surface area (Å²) < 4.78 is 0. The smallest absolute Gasteiger partial charge is 0.153 e. The summed E-state index contributed by atoms with van der Waals surface area (Å²) >= 11 is 0. The molecule has 3 rings (SSSR count). The molecule has 1 unspecified atom stereocenters. The first kappa shape index (κ1) is 13.2. The number of hydrogen-bond acceptors (Lipinski definition) is 4. The average molecular weight is 270 g/mol. The van der Waals surface area contributed by atoms with E-state index in [-0.39, 0.29) is 6.29 Å². The van der Waals surface area contributed by atoms with Crippen molar-refractivity contribution in [1.82, 2.24) is 10.2 Å². The second-order valence-corrected chi connectivity index (χ2v) is 5.61. The van der Waals surface area contributed by atoms with Crippen molar-refractivity contribution in [1.29, 1.82) is 0 Å². The first-order valence-corrected chi connectivity index (χ1v) is 7.19. The van der Waals surface area contributed by atoms with Gasteiger partial charge >= 0.3 is 0 Å². The molecular formula is C16H22N4. The second kappa shape index (κ2) is 4.94. The summed E-state index contributed by atoms with van der Waals surface area (Å²) in [6.45, 7) is 5.22. The van der Waals surface area contributed by atoms with Crippen LogP contribution in [0.2, 0.25) is 0 Å². The van der Waals surface area contributed by atoms with Crippen molar-refractivity contribution in [3.8, 4) is 0 Å². The van der Waals surface area contributed by atoms with Crippen LogP contribution in [0.1, 0.15) is 29.5 Å². The van der Waals surface area contributed by atoms with Crippen LogP contribution in [0.3, 0.4) is 0 Å². The Morgan fingerprint density at radius 2 is 2.15 bits per heavy atom. The molecule has 2 heterocycles. The van der Waals surface area contributed by atoms with Crippen LogP contribution in [0.5, 0.6) is 0 Å². The van der Waals surface area contributed by atoms with E-state index in [1.54, 1.807) is 0 Å². The largest absolute Gasteiger partial charge is 0.341 e. The topological polar surface area (TPSA) is 53.6 Å². The van der Waals surface area contributed by atoms with Crippen molar-refractivity contribution in [2.75, 3.05) is 13.6 Å². The monoisotopic (exact) mass is 270 g/mol. The van der Waals surface area contributed by atoms with E-state index in [1.807, 2.05) is 7.05 Å². The van der Waals surface area contributed by atoms with Crippen molar-refractivity contribution >= 4 is 11.5 Å². The van der Waals surface area contributed by atoms with Crippen LogP contribution in [-0.2, 0) is 0 Å². The lowest BCUT2D eigenvalue weighted by Crippen LogP contribution is -2.56. The Labute approximate surface area is 120 Å². The summed E-state index contributed by atoms with van der Waals surface area (Å²) in [4.78, 5) is 6.73. The summed E-state index contributed by atoms with van der Waals surface area (Å²) in [6.07, 6.45) is 1.95. The number of hydrogen-bond donors (Lipinski definition) is 2. The molecule has 4 heteroatoms. The summed E-state index contributed by atoms with van der Waals surface area (Å²) in [6, 6.07) is 6.46. The minimum atomic E-state index is -0.217. The quantitative estimate of drug-likeness (QED) is 0.820. The lowest BCUT2D eigenvalue weighted by atomic mass is 9.92. The van der Waals surface area contributed by atoms with Gasteiger partial charge in [0.25, 0.3) is 0 Å². The first-order chi connectivity index (χ1) is 9.59. The van der Waals surface area contributed by atoms with E-state index in [1.165, 1.54) is 28.0 Å². The molecule has 0 radical (unpaired) electrons. The number of fused-ring (bicyclic) bond motifs is 1. The standard InChI is InChI=1S/C16H22N4/c1-10-6-4-7-12(11(10)2)14-13-8-5-9-18-15(13)19-16(17)20(14)3/h4,6-7,16H,5,8-9,17H2,1-3H3,(H,18,19). The normalized spacial score (nSPS) is 22.3. The number of nitrogens with zero attached hydrogens (tertiary/aromatic N) is 2. The third-order valence-electron chi connectivity index (χ3n) is 4.34. The van der Waals surface area contributed by atoms with Gasteiger partial charge in [0.05, 0.1) is 5.70 Å². The zero-order chi connectivity index (χ0) is 14.3. The molecule has 0 saturated carbocycles. The molecule has 0 aliphatic carbocycles. The van der Waals surface area contributed by atoms with Gasteiger partial charge in [-0.3, -0.25) is 10.7 Å². The average Bonchev–Trinajstić information content (AvgIpc) is 2.44. The minimum Gasteiger partial charge on any atom is -0.341 e. The fourth-order valence-corrected chi connectivity index (χ4v) is 2.97. The van der Waals surface area contributed by atoms with Gasteiger partial charge in [0.15, 0.2) is 6.29 Å². The highest BCUT2D eigenvalue weighted by Crippen LogP contribution is 2.33. The Kier molecular flexibility index (Phi) is 3.26. The van der Waals surface area contributed by atoms with Crippen LogP contribution in [0, 0.1) is 13.8 Å². The Balaban J connectivity index is 2.22. The van der Waals surface area contributed by atoms with Crippen LogP contribution in [0.4, 0.5) is 0 Å². The van der Waals surface area contributed by atoms with Crippen LogP contribution < -0.4 is 11.1 Å². The van der Waals surface area contributed by atoms with Gasteiger partial charge in [-0.05, 0) is 37.8 Å². The van der Waals surface area contributed by atoms with Gasteiger partial charge in [-0.15, -0.1) is 0 Å². The zero-order valence-corrected chi connectivity index (χ0v) is 12.4. The molecule has 3 N–H and O–H groups in total. The summed E-state index contributed by atoms with van der Waals surface area (Å²) in [5.41, 5.74) is 12.6. The number of nitrogens with one attached hydrogen (secondary N) is 1. The molecule has 1 atom stereocenters. The van der Waals surface area contributed by atoms with Crippen molar-refractivity contribution < 1.29 is 0 Å². The van der Waals surface area contributed by atoms with Crippen LogP contribution >= 0.6 is 0 Å². The summed E-state index contributed by atoms with van der Waals surface area (Å²) in [5, 5.41) is 3.30. The molecule has 0 saturated heterocycles. The predicted molar refractivity (Wildman–Crippen MR) is 83.2 cm³/mol. The molecule has 4 nitrogen and oxygen atoms in total. The van der Waals surface area contributed by atoms with Gasteiger partial charge in [0.2, 0.25) is 0 Å². The highest BCUT2D eigenvalue weighted by molar-refractivity contribution is 6.06. The molecule has 1 aromatic carbocycles. The Bertz CT molecular complexity index is 600. The summed E-state index contributed by atoms with van der Waals surface area (Å²) in [7, 11) is 2.05. The fourth-order valence-electron chi connectivity index (χ4n) is 2.97. The van der Waals surface area contributed by atoms with Crippen LogP contribution in [-0.4, -0.2) is 30.6 Å². The number of benzene rings is 1. The molecule has 0 aromatic heterocycles. The van der Waals surface area contributed by atoms with E-state index < -0.39 is 0 Å². The van der Waals surface area contributed by atoms with Gasteiger partial charge in [-0.25, -0.2) is 0 Å². The van der Waals surface area contributed by atoms with Crippen molar-refractivity contribution in [3.63, 3.8) is 0 Å². The third-order valence-corrected chi connectivity index (χ3v) is 4.34. The first-order valence-electron chi connectivity index (χ1n) is 7.19. The molecule has 106 valence electrons. The van der Waals surface area contributed by atoms with E-state index in [0.29, 0.717) is 0 Å². The maximum absolute atomic E-state index is 6.20. The van der Waals surface area contributed by atoms with Gasteiger partial charge in [0.1, 0.15) is 5.84 Å². The van der Waals surface area contributed by atoms with Gasteiger partial charge in [-0.2, -0.15) is 0 Å². The number of aryl methyl sites for hydroxylation is 1. The van der Waals surface area contributed by atoms with E-state index in [2.05, 4.69) is 47.3 Å². The maximum atomic E-state index is 6.20. The van der Waals surface area contributed by atoms with Crippen molar-refractivity contribution in [3.05, 3.63) is 40.5 Å². The third kappa shape index (κ3) is 2.00. The molecular weight excluding hydrogens is 248 g/mol. The lowest BCUT2D eigenvalue weighted by molar-refractivity contribution is 0.323. The van der Waals surface area contributed by atoms with Crippen LogP contribution in [0.15, 0.2) is 28.8 Å². The highest BCUT2D eigenvalue weighted by atomic mass is 15.4. The van der Waals surface area contributed by atoms with Crippen molar-refractivity contribution in [2.45, 2.75) is 33.0 Å². The number of aliphatic imine (C=N–C) groups is 1.